The minimum absolute atomic E-state index is 0.136. The Kier molecular flexibility index (Phi) is 2.33. The molecule has 0 amide bonds. The highest BCUT2D eigenvalue weighted by Gasteiger charge is 2.13. The fourth-order valence-corrected chi connectivity index (χ4v) is 1.72. The van der Waals surface area contributed by atoms with E-state index in [-0.39, 0.29) is 11.6 Å². The summed E-state index contributed by atoms with van der Waals surface area (Å²) < 4.78 is 15.5. The third-order valence-corrected chi connectivity index (χ3v) is 2.53. The predicted molar refractivity (Wildman–Crippen MR) is 65.4 cm³/mol. The van der Waals surface area contributed by atoms with Crippen LogP contribution >= 0.6 is 0 Å². The van der Waals surface area contributed by atoms with Gasteiger partial charge in [0.15, 0.2) is 5.82 Å². The minimum atomic E-state index is -0.520. The van der Waals surface area contributed by atoms with Crippen molar-refractivity contribution in [3.8, 4) is 11.4 Å². The Bertz CT molecular complexity index is 734. The third kappa shape index (κ3) is 1.55. The topological polar surface area (TPSA) is 55.4 Å². The molecule has 3 heterocycles. The summed E-state index contributed by atoms with van der Waals surface area (Å²) in [6.07, 6.45) is 4.43. The molecule has 0 spiro atoms. The zero-order valence-electron chi connectivity index (χ0n) is 9.29. The summed E-state index contributed by atoms with van der Waals surface area (Å²) in [4.78, 5) is 15.5. The van der Waals surface area contributed by atoms with Gasteiger partial charge in [-0.1, -0.05) is 6.07 Å². The van der Waals surface area contributed by atoms with Gasteiger partial charge in [0.05, 0.1) is 18.1 Å². The van der Waals surface area contributed by atoms with E-state index in [0.717, 1.165) is 11.8 Å². The van der Waals surface area contributed by atoms with Crippen LogP contribution in [0.4, 0.5) is 10.3 Å². The largest absolute Gasteiger partial charge is 0.298 e. The number of aliphatic imine (C=N–C) groups is 1. The SMILES string of the molecule is C=Nc1ncc(F)c(-c2cnc3ccccn23)n1. The molecule has 0 saturated heterocycles. The number of rotatable bonds is 2. The Morgan fingerprint density at radius 3 is 2.94 bits per heavy atom. The van der Waals surface area contributed by atoms with Crippen molar-refractivity contribution < 1.29 is 4.39 Å². The molecular formula is C12H8FN5. The molecule has 6 heteroatoms. The van der Waals surface area contributed by atoms with Gasteiger partial charge in [-0.15, -0.1) is 0 Å². The van der Waals surface area contributed by atoms with Crippen LogP contribution in [0.2, 0.25) is 0 Å². The molecule has 0 N–H and O–H groups in total. The number of nitrogens with zero attached hydrogens (tertiary/aromatic N) is 5. The van der Waals surface area contributed by atoms with Crippen LogP contribution in [0.1, 0.15) is 0 Å². The maximum atomic E-state index is 13.8. The van der Waals surface area contributed by atoms with E-state index >= 15 is 0 Å². The van der Waals surface area contributed by atoms with Gasteiger partial charge in [0.25, 0.3) is 0 Å². The first-order valence-corrected chi connectivity index (χ1v) is 5.21. The van der Waals surface area contributed by atoms with E-state index in [1.54, 1.807) is 16.8 Å². The van der Waals surface area contributed by atoms with Gasteiger partial charge in [-0.3, -0.25) is 4.40 Å². The Morgan fingerprint density at radius 1 is 1.22 bits per heavy atom. The molecule has 0 aromatic carbocycles. The first-order chi connectivity index (χ1) is 8.79. The lowest BCUT2D eigenvalue weighted by Crippen LogP contribution is -1.95. The summed E-state index contributed by atoms with van der Waals surface area (Å²) >= 11 is 0. The Morgan fingerprint density at radius 2 is 2.11 bits per heavy atom. The molecule has 0 aliphatic heterocycles. The molecule has 5 nitrogen and oxygen atoms in total. The van der Waals surface area contributed by atoms with Gasteiger partial charge in [-0.05, 0) is 18.9 Å². The highest BCUT2D eigenvalue weighted by atomic mass is 19.1. The second-order valence-corrected chi connectivity index (χ2v) is 3.60. The highest BCUT2D eigenvalue weighted by Crippen LogP contribution is 2.22. The first-order valence-electron chi connectivity index (χ1n) is 5.21. The van der Waals surface area contributed by atoms with E-state index in [9.17, 15) is 4.39 Å². The van der Waals surface area contributed by atoms with Gasteiger partial charge in [0.2, 0.25) is 5.95 Å². The molecule has 0 radical (unpaired) electrons. The van der Waals surface area contributed by atoms with Gasteiger partial charge < -0.3 is 0 Å². The van der Waals surface area contributed by atoms with Gasteiger partial charge in [-0.2, -0.15) is 0 Å². The maximum absolute atomic E-state index is 13.8. The lowest BCUT2D eigenvalue weighted by molar-refractivity contribution is 0.617. The number of pyridine rings is 1. The summed E-state index contributed by atoms with van der Waals surface area (Å²) in [5.74, 6) is -0.384. The Balaban J connectivity index is 2.28. The smallest absolute Gasteiger partial charge is 0.249 e. The summed E-state index contributed by atoms with van der Waals surface area (Å²) in [5, 5.41) is 0. The molecule has 0 atom stereocenters. The van der Waals surface area contributed by atoms with E-state index in [1.807, 2.05) is 18.2 Å². The van der Waals surface area contributed by atoms with Crippen LogP contribution in [0.3, 0.4) is 0 Å². The molecule has 0 saturated carbocycles. The van der Waals surface area contributed by atoms with E-state index in [2.05, 4.69) is 26.7 Å². The summed E-state index contributed by atoms with van der Waals surface area (Å²) in [5.41, 5.74) is 1.43. The van der Waals surface area contributed by atoms with Crippen molar-refractivity contribution in [2.24, 2.45) is 4.99 Å². The van der Waals surface area contributed by atoms with Gasteiger partial charge in [0, 0.05) is 6.20 Å². The molecule has 0 aliphatic rings. The average Bonchev–Trinajstić information content (AvgIpc) is 2.83. The van der Waals surface area contributed by atoms with Crippen molar-refractivity contribution in [1.82, 2.24) is 19.4 Å². The molecule has 3 rings (SSSR count). The molecule has 0 fully saturated rings. The molecular weight excluding hydrogens is 233 g/mol. The fraction of sp³-hybridized carbons (Fsp3) is 0. The van der Waals surface area contributed by atoms with Crippen molar-refractivity contribution in [1.29, 1.82) is 0 Å². The van der Waals surface area contributed by atoms with Crippen molar-refractivity contribution in [2.45, 2.75) is 0 Å². The van der Waals surface area contributed by atoms with Gasteiger partial charge in [0.1, 0.15) is 11.3 Å². The van der Waals surface area contributed by atoms with E-state index < -0.39 is 5.82 Å². The molecule has 0 bridgehead atoms. The van der Waals surface area contributed by atoms with Crippen LogP contribution in [-0.2, 0) is 0 Å². The van der Waals surface area contributed by atoms with Crippen LogP contribution in [0.25, 0.3) is 17.0 Å². The number of hydrogen-bond acceptors (Lipinski definition) is 4. The van der Waals surface area contributed by atoms with Crippen LogP contribution in [-0.4, -0.2) is 26.1 Å². The monoisotopic (exact) mass is 241 g/mol. The van der Waals surface area contributed by atoms with Crippen molar-refractivity contribution in [3.05, 3.63) is 42.6 Å². The summed E-state index contributed by atoms with van der Waals surface area (Å²) in [6, 6.07) is 5.53. The van der Waals surface area contributed by atoms with Crippen molar-refractivity contribution >= 4 is 18.3 Å². The van der Waals surface area contributed by atoms with E-state index in [0.29, 0.717) is 5.69 Å². The number of hydrogen-bond donors (Lipinski definition) is 0. The van der Waals surface area contributed by atoms with Gasteiger partial charge >= 0.3 is 0 Å². The number of fused-ring (bicyclic) bond motifs is 1. The molecule has 3 aromatic rings. The maximum Gasteiger partial charge on any atom is 0.249 e. The van der Waals surface area contributed by atoms with Crippen molar-refractivity contribution in [3.63, 3.8) is 0 Å². The first kappa shape index (κ1) is 10.5. The third-order valence-electron chi connectivity index (χ3n) is 2.53. The summed E-state index contributed by atoms with van der Waals surface area (Å²) in [6.45, 7) is 3.33. The number of imidazole rings is 1. The van der Waals surface area contributed by atoms with E-state index in [4.69, 9.17) is 0 Å². The molecule has 88 valence electrons. The standard InChI is InChI=1S/C12H8FN5/c1-14-12-16-6-8(13)11(17-12)9-7-15-10-4-2-3-5-18(9)10/h2-7H,1H2. The second kappa shape index (κ2) is 3.99. The van der Waals surface area contributed by atoms with E-state index in [1.165, 1.54) is 0 Å². The minimum Gasteiger partial charge on any atom is -0.298 e. The van der Waals surface area contributed by atoms with Gasteiger partial charge in [-0.25, -0.2) is 24.3 Å². The molecule has 18 heavy (non-hydrogen) atoms. The number of aromatic nitrogens is 4. The average molecular weight is 241 g/mol. The Hall–Kier alpha value is -2.63. The quantitative estimate of drug-likeness (QED) is 0.646. The van der Waals surface area contributed by atoms with Crippen LogP contribution in [0, 0.1) is 5.82 Å². The zero-order chi connectivity index (χ0) is 12.5. The lowest BCUT2D eigenvalue weighted by atomic mass is 10.3. The highest BCUT2D eigenvalue weighted by molar-refractivity contribution is 5.61. The van der Waals surface area contributed by atoms with Crippen molar-refractivity contribution in [2.75, 3.05) is 0 Å². The normalized spacial score (nSPS) is 10.7. The Labute approximate surface area is 102 Å². The molecule has 0 aliphatic carbocycles. The number of halogens is 1. The second-order valence-electron chi connectivity index (χ2n) is 3.60. The molecule has 3 aromatic heterocycles. The molecule has 0 unspecified atom stereocenters. The van der Waals surface area contributed by atoms with Crippen LogP contribution in [0.15, 0.2) is 41.8 Å². The predicted octanol–water partition coefficient (Wildman–Crippen LogP) is 2.26. The zero-order valence-corrected chi connectivity index (χ0v) is 9.29. The van der Waals surface area contributed by atoms with Crippen LogP contribution < -0.4 is 0 Å². The fourth-order valence-electron chi connectivity index (χ4n) is 1.72. The van der Waals surface area contributed by atoms with Crippen LogP contribution in [0.5, 0.6) is 0 Å². The summed E-state index contributed by atoms with van der Waals surface area (Å²) in [7, 11) is 0. The lowest BCUT2D eigenvalue weighted by Gasteiger charge is -2.02.